The summed E-state index contributed by atoms with van der Waals surface area (Å²) >= 11 is 0. The molecule has 1 aromatic rings. The van der Waals surface area contributed by atoms with Gasteiger partial charge in [-0.1, -0.05) is 0 Å². The van der Waals surface area contributed by atoms with Gasteiger partial charge in [0.1, 0.15) is 12.4 Å². The number of aromatic nitrogens is 2. The highest BCUT2D eigenvalue weighted by molar-refractivity contribution is 8.13. The fourth-order valence-electron chi connectivity index (χ4n) is 1.58. The molecule has 0 bridgehead atoms. The second-order valence-electron chi connectivity index (χ2n) is 5.76. The number of imidazole rings is 1. The summed E-state index contributed by atoms with van der Waals surface area (Å²) in [7, 11) is -11.5. The zero-order valence-electron chi connectivity index (χ0n) is 14.9. The van der Waals surface area contributed by atoms with Crippen LogP contribution in [0.15, 0.2) is 18.7 Å². The fraction of sp³-hybridized carbons (Fsp3) is 0.750. The standard InChI is InChI=1S/C10H17F2N2.C2F6NO4S2/c1-10(11,12)5-3-4-6-14-8-7-13(2)9-14;3-1(4,5)14(10,11)9-15(12,13)2(6,7)8/h7-9H,3-6H2,1-2H3;/q+1;-1. The molecule has 17 heteroatoms. The van der Waals surface area contributed by atoms with Gasteiger partial charge in [0, 0.05) is 6.42 Å². The molecule has 0 atom stereocenters. The van der Waals surface area contributed by atoms with Gasteiger partial charge in [-0.25, -0.2) is 34.8 Å². The molecule has 0 aromatic carbocycles. The number of sulfonamides is 2. The third-order valence-corrected chi connectivity index (χ3v) is 5.63. The van der Waals surface area contributed by atoms with Crippen molar-refractivity contribution in [2.75, 3.05) is 0 Å². The van der Waals surface area contributed by atoms with Crippen LogP contribution in [-0.4, -0.2) is 38.3 Å². The van der Waals surface area contributed by atoms with E-state index >= 15 is 0 Å². The molecular weight excluding hydrogens is 466 g/mol. The van der Waals surface area contributed by atoms with Gasteiger partial charge in [0.2, 0.25) is 12.2 Å². The van der Waals surface area contributed by atoms with Crippen molar-refractivity contribution in [1.82, 2.24) is 4.57 Å². The first-order valence-electron chi connectivity index (χ1n) is 7.44. The van der Waals surface area contributed by atoms with E-state index in [1.54, 1.807) is 0 Å². The third kappa shape index (κ3) is 10.2. The molecule has 172 valence electrons. The zero-order chi connectivity index (χ0) is 23.3. The minimum absolute atomic E-state index is 0.0135. The van der Waals surface area contributed by atoms with E-state index in [0.29, 0.717) is 6.42 Å². The maximum atomic E-state index is 12.4. The smallest absolute Gasteiger partial charge is 0.421 e. The number of halogens is 8. The van der Waals surface area contributed by atoms with Gasteiger partial charge in [0.05, 0.1) is 13.6 Å². The van der Waals surface area contributed by atoms with E-state index in [1.807, 2.05) is 34.9 Å². The van der Waals surface area contributed by atoms with Gasteiger partial charge in [0.25, 0.3) is 0 Å². The second kappa shape index (κ2) is 9.55. The molecule has 0 unspecified atom stereocenters. The van der Waals surface area contributed by atoms with Crippen molar-refractivity contribution in [3.63, 3.8) is 0 Å². The lowest BCUT2D eigenvalue weighted by Gasteiger charge is -2.22. The number of aryl methyl sites for hydroxylation is 2. The summed E-state index contributed by atoms with van der Waals surface area (Å²) in [5, 5.41) is 0. The first-order chi connectivity index (χ1) is 12.7. The molecule has 1 heterocycles. The van der Waals surface area contributed by atoms with Crippen LogP contribution in [0.1, 0.15) is 26.2 Å². The van der Waals surface area contributed by atoms with E-state index in [0.717, 1.165) is 24.0 Å². The highest BCUT2D eigenvalue weighted by Gasteiger charge is 2.46. The molecule has 29 heavy (non-hydrogen) atoms. The molecule has 0 N–H and O–H groups in total. The summed E-state index contributed by atoms with van der Waals surface area (Å²) in [6, 6.07) is 0. The van der Waals surface area contributed by atoms with Crippen LogP contribution in [0.3, 0.4) is 0 Å². The molecule has 0 saturated carbocycles. The monoisotopic (exact) mass is 483 g/mol. The van der Waals surface area contributed by atoms with Crippen LogP contribution in [0.4, 0.5) is 35.1 Å². The summed E-state index contributed by atoms with van der Waals surface area (Å²) in [4.78, 5) is 0. The Kier molecular flexibility index (Phi) is 9.06. The Morgan fingerprint density at radius 2 is 1.34 bits per heavy atom. The van der Waals surface area contributed by atoms with Crippen molar-refractivity contribution in [3.05, 3.63) is 22.8 Å². The Morgan fingerprint density at radius 1 is 0.897 bits per heavy atom. The van der Waals surface area contributed by atoms with Gasteiger partial charge in [-0.2, -0.15) is 26.3 Å². The number of hydrogen-bond donors (Lipinski definition) is 0. The second-order valence-corrected chi connectivity index (χ2v) is 9.18. The molecule has 1 aromatic heterocycles. The normalized spacial score (nSPS) is 13.7. The van der Waals surface area contributed by atoms with E-state index in [4.69, 9.17) is 0 Å². The molecule has 0 amide bonds. The zero-order valence-corrected chi connectivity index (χ0v) is 16.5. The minimum atomic E-state index is -6.72. The van der Waals surface area contributed by atoms with Gasteiger partial charge in [-0.05, 0) is 19.8 Å². The van der Waals surface area contributed by atoms with Crippen LogP contribution < -0.4 is 4.57 Å². The lowest BCUT2D eigenvalue weighted by molar-refractivity contribution is -0.671. The number of hydrogen-bond acceptors (Lipinski definition) is 4. The Morgan fingerprint density at radius 3 is 1.66 bits per heavy atom. The predicted molar refractivity (Wildman–Crippen MR) is 83.4 cm³/mol. The summed E-state index contributed by atoms with van der Waals surface area (Å²) in [6.07, 6.45) is 7.20. The van der Waals surface area contributed by atoms with Crippen LogP contribution in [0.5, 0.6) is 0 Å². The Hall–Kier alpha value is -1.49. The number of alkyl halides is 8. The van der Waals surface area contributed by atoms with Gasteiger partial charge in [-0.15, -0.1) is 0 Å². The van der Waals surface area contributed by atoms with Crippen LogP contribution in [0, 0.1) is 0 Å². The van der Waals surface area contributed by atoms with E-state index in [-0.39, 0.29) is 6.42 Å². The number of rotatable bonds is 7. The molecule has 7 nitrogen and oxygen atoms in total. The van der Waals surface area contributed by atoms with Crippen molar-refractivity contribution >= 4 is 20.0 Å². The maximum absolute atomic E-state index is 12.4. The van der Waals surface area contributed by atoms with E-state index in [1.165, 1.54) is 0 Å². The average molecular weight is 483 g/mol. The van der Waals surface area contributed by atoms with Crippen LogP contribution >= 0.6 is 0 Å². The molecular formula is C12H17F8N3O4S2. The number of unbranched alkanes of at least 4 members (excludes halogenated alkanes) is 1. The summed E-state index contributed by atoms with van der Waals surface area (Å²) in [6.45, 7) is 1.79. The van der Waals surface area contributed by atoms with Crippen molar-refractivity contribution in [3.8, 4) is 0 Å². The largest absolute Gasteiger partial charge is 0.480 e. The summed E-state index contributed by atoms with van der Waals surface area (Å²) in [5.74, 6) is -2.51. The highest BCUT2D eigenvalue weighted by atomic mass is 32.3. The molecule has 0 aliphatic carbocycles. The first-order valence-corrected chi connectivity index (χ1v) is 10.3. The van der Waals surface area contributed by atoms with Crippen molar-refractivity contribution < 1.29 is 56.5 Å². The Bertz CT molecular complexity index is 813. The quantitative estimate of drug-likeness (QED) is 0.338. The van der Waals surface area contributed by atoms with E-state index in [2.05, 4.69) is 0 Å². The van der Waals surface area contributed by atoms with Gasteiger partial charge >= 0.3 is 11.0 Å². The molecule has 1 rings (SSSR count). The van der Waals surface area contributed by atoms with Crippen molar-refractivity contribution in [2.45, 2.75) is 49.7 Å². The average Bonchev–Trinajstić information content (AvgIpc) is 2.85. The van der Waals surface area contributed by atoms with Crippen LogP contribution in [0.2, 0.25) is 0 Å². The van der Waals surface area contributed by atoms with Gasteiger partial charge < -0.3 is 4.13 Å². The minimum Gasteiger partial charge on any atom is -0.421 e. The molecule has 0 fully saturated rings. The molecule has 0 spiro atoms. The fourth-order valence-corrected chi connectivity index (χ4v) is 3.29. The Balaban J connectivity index is 0.000000541. The van der Waals surface area contributed by atoms with E-state index < -0.39 is 37.0 Å². The lowest BCUT2D eigenvalue weighted by atomic mass is 10.1. The molecule has 0 aliphatic rings. The topological polar surface area (TPSA) is 91.2 Å². The molecule has 0 saturated heterocycles. The number of nitrogens with zero attached hydrogens (tertiary/aromatic N) is 3. The molecule has 0 aliphatic heterocycles. The lowest BCUT2D eigenvalue weighted by Crippen LogP contribution is -2.30. The summed E-state index contributed by atoms with van der Waals surface area (Å²) in [5.41, 5.74) is -12.4. The van der Waals surface area contributed by atoms with Crippen LogP contribution in [0.25, 0.3) is 4.13 Å². The maximum Gasteiger partial charge on any atom is 0.480 e. The first kappa shape index (κ1) is 27.5. The molecule has 0 radical (unpaired) electrons. The predicted octanol–water partition coefficient (Wildman–Crippen LogP) is 3.20. The van der Waals surface area contributed by atoms with Crippen molar-refractivity contribution in [1.29, 1.82) is 0 Å². The third-order valence-electron chi connectivity index (χ3n) is 2.89. The SMILES string of the molecule is C[n+]1ccn(CCCCC(C)(F)F)c1.O=S(=O)([N-]S(=O)(=O)C(F)(F)F)C(F)(F)F. The summed E-state index contributed by atoms with van der Waals surface area (Å²) < 4.78 is 138. The van der Waals surface area contributed by atoms with E-state index in [9.17, 15) is 52.0 Å². The van der Waals surface area contributed by atoms with Crippen LogP contribution in [-0.2, 0) is 33.6 Å². The Labute approximate surface area is 161 Å². The van der Waals surface area contributed by atoms with Crippen molar-refractivity contribution in [2.24, 2.45) is 7.05 Å². The highest BCUT2D eigenvalue weighted by Crippen LogP contribution is 2.36. The van der Waals surface area contributed by atoms with Gasteiger partial charge in [-0.3, -0.25) is 0 Å². The van der Waals surface area contributed by atoms with Gasteiger partial charge in [0.15, 0.2) is 20.0 Å².